The molecule has 6 nitrogen and oxygen atoms in total. The largest absolute Gasteiger partial charge is 0.504 e. The summed E-state index contributed by atoms with van der Waals surface area (Å²) >= 11 is 0. The summed E-state index contributed by atoms with van der Waals surface area (Å²) in [6.07, 6.45) is 3.65. The van der Waals surface area contributed by atoms with Gasteiger partial charge in [-0.15, -0.1) is 6.58 Å². The van der Waals surface area contributed by atoms with Gasteiger partial charge in [0.15, 0.2) is 11.5 Å². The maximum Gasteiger partial charge on any atom is 0.328 e. The highest BCUT2D eigenvalue weighted by atomic mass is 16.5. The summed E-state index contributed by atoms with van der Waals surface area (Å²) in [4.78, 5) is 24.2. The van der Waals surface area contributed by atoms with Gasteiger partial charge < -0.3 is 15.2 Å². The molecule has 0 saturated carbocycles. The lowest BCUT2D eigenvalue weighted by Crippen LogP contribution is -2.25. The number of allylic oxidation sites excluding steroid dienone is 1. The molecule has 1 aromatic rings. The Bertz CT molecular complexity index is 649. The van der Waals surface area contributed by atoms with Crippen molar-refractivity contribution in [2.45, 2.75) is 6.42 Å². The number of rotatable bonds is 4. The lowest BCUT2D eigenvalue weighted by atomic mass is 10.0. The number of phenols is 1. The van der Waals surface area contributed by atoms with Gasteiger partial charge in [0.25, 0.3) is 5.91 Å². The van der Waals surface area contributed by atoms with Crippen LogP contribution in [-0.2, 0) is 11.2 Å². The Labute approximate surface area is 122 Å². The lowest BCUT2D eigenvalue weighted by molar-refractivity contribution is -0.121. The van der Waals surface area contributed by atoms with Crippen LogP contribution in [0.5, 0.6) is 11.5 Å². The second-order valence-corrected chi connectivity index (χ2v) is 4.58. The summed E-state index contributed by atoms with van der Waals surface area (Å²) < 4.78 is 5.11. The molecular formula is C15H16N2O4. The van der Waals surface area contributed by atoms with Gasteiger partial charge in [-0.05, 0) is 30.2 Å². The minimum atomic E-state index is -0.469. The van der Waals surface area contributed by atoms with Crippen LogP contribution in [0.2, 0.25) is 0 Å². The topological polar surface area (TPSA) is 78.9 Å². The zero-order valence-electron chi connectivity index (χ0n) is 11.8. The average Bonchev–Trinajstić information content (AvgIpc) is 2.70. The first-order valence-electron chi connectivity index (χ1n) is 6.29. The van der Waals surface area contributed by atoms with Crippen LogP contribution in [0.25, 0.3) is 6.08 Å². The highest BCUT2D eigenvalue weighted by Crippen LogP contribution is 2.32. The molecule has 2 rings (SSSR count). The molecule has 3 amide bonds. The Morgan fingerprint density at radius 1 is 1.43 bits per heavy atom. The Morgan fingerprint density at radius 2 is 2.14 bits per heavy atom. The van der Waals surface area contributed by atoms with Crippen LogP contribution in [0, 0.1) is 0 Å². The number of hydrogen-bond acceptors (Lipinski definition) is 4. The second-order valence-electron chi connectivity index (χ2n) is 4.58. The number of carbonyl (C=O) groups is 2. The average molecular weight is 288 g/mol. The summed E-state index contributed by atoms with van der Waals surface area (Å²) in [6.45, 7) is 3.63. The maximum absolute atomic E-state index is 11.8. The van der Waals surface area contributed by atoms with Crippen LogP contribution in [0.3, 0.4) is 0 Å². The van der Waals surface area contributed by atoms with Crippen LogP contribution < -0.4 is 10.1 Å². The van der Waals surface area contributed by atoms with E-state index in [1.165, 1.54) is 20.2 Å². The number of aromatic hydroxyl groups is 1. The SMILES string of the molecule is C=CCc1cc(/C=C2/NC(=O)N(C)C2=O)cc(OC)c1O. The number of ether oxygens (including phenoxy) is 1. The number of imide groups is 1. The van der Waals surface area contributed by atoms with E-state index in [1.54, 1.807) is 18.2 Å². The predicted octanol–water partition coefficient (Wildman–Crippen LogP) is 1.65. The van der Waals surface area contributed by atoms with Crippen molar-refractivity contribution in [3.05, 3.63) is 41.6 Å². The minimum absolute atomic E-state index is 0.0402. The third-order valence-electron chi connectivity index (χ3n) is 3.15. The first-order valence-corrected chi connectivity index (χ1v) is 6.29. The molecule has 0 atom stereocenters. The summed E-state index contributed by atoms with van der Waals surface area (Å²) in [5, 5.41) is 12.5. The third-order valence-corrected chi connectivity index (χ3v) is 3.15. The molecule has 1 aromatic carbocycles. The molecule has 0 aliphatic carbocycles. The van der Waals surface area contributed by atoms with E-state index in [2.05, 4.69) is 11.9 Å². The first kappa shape index (κ1) is 14.6. The molecule has 110 valence electrons. The van der Waals surface area contributed by atoms with Gasteiger partial charge in [0.05, 0.1) is 7.11 Å². The van der Waals surface area contributed by atoms with E-state index in [4.69, 9.17) is 4.74 Å². The van der Waals surface area contributed by atoms with E-state index in [0.717, 1.165) is 4.90 Å². The van der Waals surface area contributed by atoms with Crippen molar-refractivity contribution in [2.75, 3.05) is 14.2 Å². The standard InChI is InChI=1S/C15H16N2O4/c1-4-5-10-6-9(8-12(21-3)13(10)18)7-11-14(19)17(2)15(20)16-11/h4,6-8,18H,1,5H2,2-3H3,(H,16,20)/b11-7+. The van der Waals surface area contributed by atoms with Crippen LogP contribution in [-0.4, -0.2) is 36.1 Å². The number of carbonyl (C=O) groups excluding carboxylic acids is 2. The molecule has 2 N–H and O–H groups in total. The zero-order valence-corrected chi connectivity index (χ0v) is 11.8. The molecule has 1 saturated heterocycles. The maximum atomic E-state index is 11.8. The normalized spacial score (nSPS) is 16.3. The van der Waals surface area contributed by atoms with Crippen LogP contribution in [0.15, 0.2) is 30.5 Å². The molecular weight excluding hydrogens is 272 g/mol. The van der Waals surface area contributed by atoms with Crippen molar-refractivity contribution in [1.29, 1.82) is 0 Å². The second kappa shape index (κ2) is 5.70. The van der Waals surface area contributed by atoms with Crippen molar-refractivity contribution in [1.82, 2.24) is 10.2 Å². The molecule has 21 heavy (non-hydrogen) atoms. The summed E-state index contributed by atoms with van der Waals surface area (Å²) in [7, 11) is 2.85. The fraction of sp³-hybridized carbons (Fsp3) is 0.200. The number of amides is 3. The number of hydrogen-bond donors (Lipinski definition) is 2. The zero-order chi connectivity index (χ0) is 15.6. The van der Waals surface area contributed by atoms with Gasteiger partial charge in [-0.25, -0.2) is 4.79 Å². The summed E-state index contributed by atoms with van der Waals surface area (Å²) in [5.74, 6) is -0.0675. The lowest BCUT2D eigenvalue weighted by Gasteiger charge is -2.09. The fourth-order valence-electron chi connectivity index (χ4n) is 2.03. The van der Waals surface area contributed by atoms with E-state index in [1.807, 2.05) is 0 Å². The van der Waals surface area contributed by atoms with Gasteiger partial charge in [-0.3, -0.25) is 9.69 Å². The van der Waals surface area contributed by atoms with Gasteiger partial charge >= 0.3 is 6.03 Å². The van der Waals surface area contributed by atoms with Gasteiger partial charge in [-0.2, -0.15) is 0 Å². The molecule has 1 fully saturated rings. The van der Waals surface area contributed by atoms with Gasteiger partial charge in [0, 0.05) is 12.6 Å². The number of likely N-dealkylation sites (N-methyl/N-ethyl adjacent to an activating group) is 1. The van der Waals surface area contributed by atoms with Gasteiger partial charge in [0.2, 0.25) is 0 Å². The quantitative estimate of drug-likeness (QED) is 0.501. The van der Waals surface area contributed by atoms with Crippen LogP contribution in [0.1, 0.15) is 11.1 Å². The molecule has 1 aliphatic heterocycles. The van der Waals surface area contributed by atoms with Crippen LogP contribution in [0.4, 0.5) is 4.79 Å². The molecule has 1 aliphatic rings. The number of methoxy groups -OCH3 is 1. The van der Waals surface area contributed by atoms with Crippen LogP contribution >= 0.6 is 0 Å². The molecule has 1 heterocycles. The fourth-order valence-corrected chi connectivity index (χ4v) is 2.03. The smallest absolute Gasteiger partial charge is 0.328 e. The van der Waals surface area contributed by atoms with Crippen molar-refractivity contribution < 1.29 is 19.4 Å². The Morgan fingerprint density at radius 3 is 2.67 bits per heavy atom. The number of phenolic OH excluding ortho intramolecular Hbond substituents is 1. The molecule has 6 heteroatoms. The van der Waals surface area contributed by atoms with E-state index >= 15 is 0 Å². The summed E-state index contributed by atoms with van der Waals surface area (Å²) in [6, 6.07) is 2.83. The summed E-state index contributed by atoms with van der Waals surface area (Å²) in [5.41, 5.74) is 1.45. The number of urea groups is 1. The van der Waals surface area contributed by atoms with E-state index in [0.29, 0.717) is 23.3 Å². The molecule has 0 spiro atoms. The van der Waals surface area contributed by atoms with Crippen molar-refractivity contribution in [3.8, 4) is 11.5 Å². The van der Waals surface area contributed by atoms with Crippen molar-refractivity contribution in [2.24, 2.45) is 0 Å². The minimum Gasteiger partial charge on any atom is -0.504 e. The molecule has 0 unspecified atom stereocenters. The Balaban J connectivity index is 2.45. The highest BCUT2D eigenvalue weighted by molar-refractivity contribution is 6.13. The van der Waals surface area contributed by atoms with Gasteiger partial charge in [-0.1, -0.05) is 6.08 Å². The Hall–Kier alpha value is -2.76. The third kappa shape index (κ3) is 2.74. The number of nitrogens with zero attached hydrogens (tertiary/aromatic N) is 1. The van der Waals surface area contributed by atoms with E-state index in [9.17, 15) is 14.7 Å². The number of benzene rings is 1. The first-order chi connectivity index (χ1) is 9.97. The van der Waals surface area contributed by atoms with Crippen molar-refractivity contribution in [3.63, 3.8) is 0 Å². The molecule has 0 bridgehead atoms. The monoisotopic (exact) mass is 288 g/mol. The van der Waals surface area contributed by atoms with E-state index < -0.39 is 11.9 Å². The van der Waals surface area contributed by atoms with Gasteiger partial charge in [0.1, 0.15) is 5.70 Å². The molecule has 0 radical (unpaired) electrons. The van der Waals surface area contributed by atoms with Crippen molar-refractivity contribution >= 4 is 18.0 Å². The highest BCUT2D eigenvalue weighted by Gasteiger charge is 2.30. The Kier molecular flexibility index (Phi) is 3.98. The number of nitrogens with one attached hydrogen (secondary N) is 1. The molecule has 0 aromatic heterocycles. The van der Waals surface area contributed by atoms with E-state index in [-0.39, 0.29) is 11.4 Å². The predicted molar refractivity (Wildman–Crippen MR) is 77.8 cm³/mol.